The zero-order chi connectivity index (χ0) is 11.3. The van der Waals surface area contributed by atoms with E-state index in [9.17, 15) is 4.79 Å². The lowest BCUT2D eigenvalue weighted by Gasteiger charge is -2.28. The molecule has 0 aliphatic carbocycles. The van der Waals surface area contributed by atoms with Gasteiger partial charge in [0.2, 0.25) is 0 Å². The van der Waals surface area contributed by atoms with E-state index in [1.165, 1.54) is 0 Å². The molecule has 4 nitrogen and oxygen atoms in total. The van der Waals surface area contributed by atoms with Crippen molar-refractivity contribution in [3.05, 3.63) is 0 Å². The van der Waals surface area contributed by atoms with E-state index in [0.29, 0.717) is 5.25 Å². The number of amidine groups is 1. The number of carbonyl (C=O) groups excluding carboxylic acids is 1. The quantitative estimate of drug-likeness (QED) is 0.581. The zero-order valence-corrected chi connectivity index (χ0v) is 10.4. The molecule has 1 N–H and O–H groups in total. The summed E-state index contributed by atoms with van der Waals surface area (Å²) in [6.45, 7) is 5.85. The molecule has 0 aromatic heterocycles. The zero-order valence-electron chi connectivity index (χ0n) is 9.62. The van der Waals surface area contributed by atoms with Crippen LogP contribution in [0.2, 0.25) is 0 Å². The fourth-order valence-electron chi connectivity index (χ4n) is 1.31. The Morgan fingerprint density at radius 2 is 2.47 bits per heavy atom. The molecule has 15 heavy (non-hydrogen) atoms. The lowest BCUT2D eigenvalue weighted by atomic mass is 10.3. The molecule has 1 aliphatic heterocycles. The molecule has 1 unspecified atom stereocenters. The fraction of sp³-hybridized carbons (Fsp3) is 0.800. The Balaban J connectivity index is 2.61. The van der Waals surface area contributed by atoms with Crippen molar-refractivity contribution in [2.75, 3.05) is 20.1 Å². The molecule has 1 saturated heterocycles. The van der Waals surface area contributed by atoms with Crippen molar-refractivity contribution in [1.29, 1.82) is 0 Å². The maximum atomic E-state index is 11.6. The molecule has 0 bridgehead atoms. The standard InChI is InChI=1S/C10H19N3OS/c1-4-8(2)15-10(11-3)13-7-5-6-12-9(13)14/h8H,4-7H2,1-3H3,(H,12,14). The third kappa shape index (κ3) is 3.41. The first-order chi connectivity index (χ1) is 7.19. The third-order valence-electron chi connectivity index (χ3n) is 2.38. The van der Waals surface area contributed by atoms with Crippen molar-refractivity contribution < 1.29 is 4.79 Å². The van der Waals surface area contributed by atoms with Gasteiger partial charge in [-0.25, -0.2) is 4.79 Å². The summed E-state index contributed by atoms with van der Waals surface area (Å²) in [6.07, 6.45) is 2.07. The van der Waals surface area contributed by atoms with Crippen LogP contribution < -0.4 is 5.32 Å². The minimum absolute atomic E-state index is 0.0161. The van der Waals surface area contributed by atoms with Gasteiger partial charge in [0.1, 0.15) is 0 Å². The van der Waals surface area contributed by atoms with Crippen LogP contribution in [-0.4, -0.2) is 41.5 Å². The van der Waals surface area contributed by atoms with Gasteiger partial charge in [0.15, 0.2) is 5.17 Å². The van der Waals surface area contributed by atoms with Crippen LogP contribution in [0.4, 0.5) is 4.79 Å². The van der Waals surface area contributed by atoms with Crippen molar-refractivity contribution in [2.45, 2.75) is 31.9 Å². The van der Waals surface area contributed by atoms with Gasteiger partial charge in [-0.1, -0.05) is 25.6 Å². The highest BCUT2D eigenvalue weighted by atomic mass is 32.2. The Hall–Kier alpha value is -0.710. The molecule has 1 atom stereocenters. The van der Waals surface area contributed by atoms with Crippen LogP contribution in [0, 0.1) is 0 Å². The van der Waals surface area contributed by atoms with Gasteiger partial charge in [0.25, 0.3) is 0 Å². The summed E-state index contributed by atoms with van der Waals surface area (Å²) < 4.78 is 0. The minimum Gasteiger partial charge on any atom is -0.338 e. The first kappa shape index (κ1) is 12.4. The number of amides is 2. The van der Waals surface area contributed by atoms with Gasteiger partial charge in [-0.15, -0.1) is 0 Å². The lowest BCUT2D eigenvalue weighted by Crippen LogP contribution is -2.48. The molecule has 5 heteroatoms. The third-order valence-corrected chi connectivity index (χ3v) is 3.73. The highest BCUT2D eigenvalue weighted by molar-refractivity contribution is 8.14. The Kier molecular flexibility index (Phi) is 4.94. The summed E-state index contributed by atoms with van der Waals surface area (Å²) in [4.78, 5) is 17.5. The molecule has 1 rings (SSSR count). The van der Waals surface area contributed by atoms with Crippen LogP contribution in [0.1, 0.15) is 26.7 Å². The van der Waals surface area contributed by atoms with Gasteiger partial charge in [-0.3, -0.25) is 9.89 Å². The van der Waals surface area contributed by atoms with Crippen molar-refractivity contribution >= 4 is 23.0 Å². The largest absolute Gasteiger partial charge is 0.338 e. The SMILES string of the molecule is CCC(C)SC(=NC)N1CCCNC1=O. The normalized spacial score (nSPS) is 20.1. The van der Waals surface area contributed by atoms with Gasteiger partial charge >= 0.3 is 6.03 Å². The van der Waals surface area contributed by atoms with E-state index in [-0.39, 0.29) is 6.03 Å². The van der Waals surface area contributed by atoms with Crippen LogP contribution in [-0.2, 0) is 0 Å². The van der Waals surface area contributed by atoms with Gasteiger partial charge in [0.05, 0.1) is 0 Å². The summed E-state index contributed by atoms with van der Waals surface area (Å²) in [6, 6.07) is -0.0161. The molecule has 1 fully saturated rings. The summed E-state index contributed by atoms with van der Waals surface area (Å²) in [5.74, 6) is 0. The summed E-state index contributed by atoms with van der Waals surface area (Å²) >= 11 is 1.67. The Bertz CT molecular complexity index is 255. The molecular formula is C10H19N3OS. The predicted molar refractivity (Wildman–Crippen MR) is 65.4 cm³/mol. The molecule has 0 saturated carbocycles. The van der Waals surface area contributed by atoms with Crippen LogP contribution in [0.15, 0.2) is 4.99 Å². The average molecular weight is 229 g/mol. The topological polar surface area (TPSA) is 44.7 Å². The molecular weight excluding hydrogens is 210 g/mol. The maximum Gasteiger partial charge on any atom is 0.323 e. The first-order valence-electron chi connectivity index (χ1n) is 5.37. The van der Waals surface area contributed by atoms with E-state index in [1.54, 1.807) is 23.7 Å². The second-order valence-electron chi connectivity index (χ2n) is 3.58. The number of thioether (sulfide) groups is 1. The number of carbonyl (C=O) groups is 1. The summed E-state index contributed by atoms with van der Waals surface area (Å²) in [5.41, 5.74) is 0. The smallest absolute Gasteiger partial charge is 0.323 e. The van der Waals surface area contributed by atoms with Crippen molar-refractivity contribution in [3.8, 4) is 0 Å². The number of hydrogen-bond donors (Lipinski definition) is 1. The number of nitrogens with zero attached hydrogens (tertiary/aromatic N) is 2. The van der Waals surface area contributed by atoms with Crippen LogP contribution in [0.5, 0.6) is 0 Å². The van der Waals surface area contributed by atoms with Gasteiger partial charge in [0, 0.05) is 25.4 Å². The molecule has 0 radical (unpaired) electrons. The highest BCUT2D eigenvalue weighted by Crippen LogP contribution is 2.19. The highest BCUT2D eigenvalue weighted by Gasteiger charge is 2.23. The fourth-order valence-corrected chi connectivity index (χ4v) is 2.25. The average Bonchev–Trinajstić information content (AvgIpc) is 2.26. The minimum atomic E-state index is -0.0161. The Labute approximate surface area is 95.5 Å². The number of aliphatic imine (C=N–C) groups is 1. The number of hydrogen-bond acceptors (Lipinski definition) is 3. The van der Waals surface area contributed by atoms with Crippen molar-refractivity contribution in [1.82, 2.24) is 10.2 Å². The molecule has 2 amide bonds. The van der Waals surface area contributed by atoms with Crippen LogP contribution in [0.25, 0.3) is 0 Å². The van der Waals surface area contributed by atoms with E-state index >= 15 is 0 Å². The Morgan fingerprint density at radius 3 is 3.00 bits per heavy atom. The van der Waals surface area contributed by atoms with Crippen LogP contribution in [0.3, 0.4) is 0 Å². The van der Waals surface area contributed by atoms with Gasteiger partial charge < -0.3 is 5.32 Å². The second kappa shape index (κ2) is 6.00. The molecule has 0 aromatic carbocycles. The van der Waals surface area contributed by atoms with E-state index < -0.39 is 0 Å². The lowest BCUT2D eigenvalue weighted by molar-refractivity contribution is 0.213. The van der Waals surface area contributed by atoms with Gasteiger partial charge in [-0.05, 0) is 12.8 Å². The predicted octanol–water partition coefficient (Wildman–Crippen LogP) is 1.92. The van der Waals surface area contributed by atoms with Crippen molar-refractivity contribution in [2.24, 2.45) is 4.99 Å². The number of urea groups is 1. The van der Waals surface area contributed by atoms with E-state index in [2.05, 4.69) is 24.2 Å². The van der Waals surface area contributed by atoms with E-state index in [1.807, 2.05) is 0 Å². The number of nitrogens with one attached hydrogen (secondary N) is 1. The Morgan fingerprint density at radius 1 is 1.73 bits per heavy atom. The monoisotopic (exact) mass is 229 g/mol. The second-order valence-corrected chi connectivity index (χ2v) is 4.99. The van der Waals surface area contributed by atoms with Gasteiger partial charge in [-0.2, -0.15) is 0 Å². The molecule has 86 valence electrons. The molecule has 0 aromatic rings. The van der Waals surface area contributed by atoms with Crippen molar-refractivity contribution in [3.63, 3.8) is 0 Å². The first-order valence-corrected chi connectivity index (χ1v) is 6.25. The molecule has 1 heterocycles. The maximum absolute atomic E-state index is 11.6. The van der Waals surface area contributed by atoms with E-state index in [0.717, 1.165) is 31.1 Å². The summed E-state index contributed by atoms with van der Waals surface area (Å²) in [5, 5.41) is 4.16. The molecule has 1 aliphatic rings. The van der Waals surface area contributed by atoms with Crippen LogP contribution >= 0.6 is 11.8 Å². The summed E-state index contributed by atoms with van der Waals surface area (Å²) in [7, 11) is 1.74. The molecule has 0 spiro atoms. The number of rotatable bonds is 2. The van der Waals surface area contributed by atoms with E-state index in [4.69, 9.17) is 0 Å².